The molecule has 0 aliphatic rings. The van der Waals surface area contributed by atoms with Crippen molar-refractivity contribution in [2.45, 2.75) is 37.4 Å². The number of carbonyl (C=O) groups is 1. The van der Waals surface area contributed by atoms with Crippen LogP contribution < -0.4 is 15.4 Å². The van der Waals surface area contributed by atoms with Crippen molar-refractivity contribution in [3.8, 4) is 0 Å². The Hall–Kier alpha value is -2.94. The van der Waals surface area contributed by atoms with Crippen molar-refractivity contribution in [1.29, 1.82) is 0 Å². The molecule has 1 aromatic heterocycles. The number of nitrogens with two attached hydrogens (primary N) is 1. The lowest BCUT2D eigenvalue weighted by molar-refractivity contribution is 0.0608. The van der Waals surface area contributed by atoms with Crippen LogP contribution >= 0.6 is 22.9 Å². The number of carbonyl (C=O) groups excluding carboxylic acids is 1. The number of rotatable bonds is 6. The fourth-order valence-electron chi connectivity index (χ4n) is 2.88. The summed E-state index contributed by atoms with van der Waals surface area (Å²) < 4.78 is 87.8. The minimum absolute atomic E-state index is 0.193. The number of anilines is 2. The van der Waals surface area contributed by atoms with E-state index in [2.05, 4.69) is 10.3 Å². The smallest absolute Gasteiger partial charge is 0.430 e. The normalized spacial score (nSPS) is 12.8. The molecular formula is C21H19ClF4N4O4S2. The van der Waals surface area contributed by atoms with Crippen LogP contribution in [0.3, 0.4) is 0 Å². The Morgan fingerprint density at radius 1 is 1.11 bits per heavy atom. The standard InChI is InChI=1S/C21H19ClF4N4O4S2/c1-21(2,3)34-20(31)30(18-8-35-9-28-18)36(32,33)17-5-11(22)16(7-15(17)26)29-19(27)10-4-13(24)14(25)6-12(10)23/h4-9,19,29H,27H2,1-3H3/t19-/m1/s1. The molecule has 0 aliphatic heterocycles. The summed E-state index contributed by atoms with van der Waals surface area (Å²) in [4.78, 5) is 15.6. The summed E-state index contributed by atoms with van der Waals surface area (Å²) in [7, 11) is -4.93. The van der Waals surface area contributed by atoms with E-state index in [4.69, 9.17) is 22.1 Å². The minimum atomic E-state index is -4.93. The minimum Gasteiger partial charge on any atom is -0.443 e. The summed E-state index contributed by atoms with van der Waals surface area (Å²) in [6.07, 6.45) is -2.85. The molecule has 0 spiro atoms. The second-order valence-corrected chi connectivity index (χ2v) is 11.1. The van der Waals surface area contributed by atoms with Crippen molar-refractivity contribution in [3.05, 3.63) is 69.0 Å². The molecule has 15 heteroatoms. The van der Waals surface area contributed by atoms with Crippen LogP contribution in [0.25, 0.3) is 0 Å². The van der Waals surface area contributed by atoms with Gasteiger partial charge in [0, 0.05) is 17.0 Å². The first-order valence-electron chi connectivity index (χ1n) is 9.94. The van der Waals surface area contributed by atoms with E-state index in [0.717, 1.165) is 11.3 Å². The molecule has 0 saturated heterocycles. The Kier molecular flexibility index (Phi) is 7.83. The van der Waals surface area contributed by atoms with Crippen LogP contribution in [0.5, 0.6) is 0 Å². The molecule has 3 aromatic rings. The lowest BCUT2D eigenvalue weighted by Crippen LogP contribution is -2.41. The van der Waals surface area contributed by atoms with Crippen LogP contribution in [0.1, 0.15) is 32.5 Å². The number of hydrogen-bond donors (Lipinski definition) is 2. The predicted octanol–water partition coefficient (Wildman–Crippen LogP) is 5.55. The van der Waals surface area contributed by atoms with Gasteiger partial charge in [0.25, 0.3) is 10.0 Å². The van der Waals surface area contributed by atoms with Crippen LogP contribution in [-0.4, -0.2) is 25.1 Å². The Balaban J connectivity index is 2.00. The highest BCUT2D eigenvalue weighted by atomic mass is 35.5. The summed E-state index contributed by atoms with van der Waals surface area (Å²) >= 11 is 7.11. The van der Waals surface area contributed by atoms with Gasteiger partial charge in [-0.15, -0.1) is 15.6 Å². The average Bonchev–Trinajstić information content (AvgIpc) is 3.25. The first kappa shape index (κ1) is 27.6. The molecule has 0 unspecified atom stereocenters. The highest BCUT2D eigenvalue weighted by molar-refractivity contribution is 7.93. The number of hydrogen-bond acceptors (Lipinski definition) is 8. The van der Waals surface area contributed by atoms with Gasteiger partial charge in [-0.25, -0.2) is 35.8 Å². The van der Waals surface area contributed by atoms with Crippen molar-refractivity contribution >= 4 is 50.6 Å². The van der Waals surface area contributed by atoms with Crippen molar-refractivity contribution in [2.24, 2.45) is 5.73 Å². The quantitative estimate of drug-likeness (QED) is 0.228. The highest BCUT2D eigenvalue weighted by Gasteiger charge is 2.38. The Morgan fingerprint density at radius 2 is 1.75 bits per heavy atom. The molecule has 194 valence electrons. The maximum absolute atomic E-state index is 15.1. The highest BCUT2D eigenvalue weighted by Crippen LogP contribution is 2.34. The van der Waals surface area contributed by atoms with Gasteiger partial charge in [-0.05, 0) is 39.0 Å². The van der Waals surface area contributed by atoms with Crippen LogP contribution in [0.15, 0.2) is 40.1 Å². The fraction of sp³-hybridized carbons (Fsp3) is 0.238. The molecule has 0 saturated carbocycles. The van der Waals surface area contributed by atoms with Crippen LogP contribution in [0.2, 0.25) is 5.02 Å². The third-order valence-corrected chi connectivity index (χ3v) is 6.98. The molecule has 3 rings (SSSR count). The zero-order valence-electron chi connectivity index (χ0n) is 18.9. The van der Waals surface area contributed by atoms with Crippen LogP contribution in [-0.2, 0) is 14.8 Å². The SMILES string of the molecule is CC(C)(C)OC(=O)N(c1cscn1)S(=O)(=O)c1cc(Cl)c(N[C@@H](N)c2cc(F)c(F)cc2F)cc1F. The van der Waals surface area contributed by atoms with Gasteiger partial charge in [0.05, 0.1) is 16.2 Å². The third-order valence-electron chi connectivity index (χ3n) is 4.41. The average molecular weight is 567 g/mol. The number of ether oxygens (including phenoxy) is 1. The maximum atomic E-state index is 15.1. The monoisotopic (exact) mass is 566 g/mol. The number of nitrogens with one attached hydrogen (secondary N) is 1. The summed E-state index contributed by atoms with van der Waals surface area (Å²) in [5.74, 6) is -5.67. The zero-order chi connectivity index (χ0) is 27.0. The second kappa shape index (κ2) is 10.2. The van der Waals surface area contributed by atoms with E-state index >= 15 is 4.39 Å². The van der Waals surface area contributed by atoms with Gasteiger partial charge in [0.1, 0.15) is 28.3 Å². The van der Waals surface area contributed by atoms with E-state index in [1.54, 1.807) is 0 Å². The van der Waals surface area contributed by atoms with E-state index in [-0.39, 0.29) is 21.9 Å². The number of halogens is 5. The lowest BCUT2D eigenvalue weighted by Gasteiger charge is -2.26. The van der Waals surface area contributed by atoms with Gasteiger partial charge in [-0.3, -0.25) is 0 Å². The van der Waals surface area contributed by atoms with E-state index in [0.29, 0.717) is 18.2 Å². The van der Waals surface area contributed by atoms with Gasteiger partial charge in [-0.2, -0.15) is 0 Å². The van der Waals surface area contributed by atoms with Crippen molar-refractivity contribution < 1.29 is 35.5 Å². The molecule has 0 radical (unpaired) electrons. The molecule has 8 nitrogen and oxygen atoms in total. The first-order valence-corrected chi connectivity index (χ1v) is 12.7. The third kappa shape index (κ3) is 5.88. The predicted molar refractivity (Wildman–Crippen MR) is 126 cm³/mol. The zero-order valence-corrected chi connectivity index (χ0v) is 21.2. The Morgan fingerprint density at radius 3 is 2.33 bits per heavy atom. The maximum Gasteiger partial charge on any atom is 0.430 e. The van der Waals surface area contributed by atoms with Gasteiger partial charge in [0.2, 0.25) is 0 Å². The van der Waals surface area contributed by atoms with E-state index in [1.165, 1.54) is 31.7 Å². The van der Waals surface area contributed by atoms with E-state index < -0.39 is 66.6 Å². The Bertz CT molecular complexity index is 1400. The largest absolute Gasteiger partial charge is 0.443 e. The van der Waals surface area contributed by atoms with Crippen molar-refractivity contribution in [3.63, 3.8) is 0 Å². The number of aromatic nitrogens is 1. The molecule has 0 bridgehead atoms. The van der Waals surface area contributed by atoms with Gasteiger partial charge >= 0.3 is 6.09 Å². The van der Waals surface area contributed by atoms with Gasteiger partial charge in [0.15, 0.2) is 17.5 Å². The summed E-state index contributed by atoms with van der Waals surface area (Å²) in [6.45, 7) is 4.52. The molecule has 0 aliphatic carbocycles. The fourth-order valence-corrected chi connectivity index (χ4v) is 5.10. The van der Waals surface area contributed by atoms with Crippen molar-refractivity contribution in [2.75, 3.05) is 9.62 Å². The van der Waals surface area contributed by atoms with Crippen LogP contribution in [0.4, 0.5) is 33.9 Å². The number of nitrogens with zero attached hydrogens (tertiary/aromatic N) is 2. The van der Waals surface area contributed by atoms with Gasteiger partial charge in [-0.1, -0.05) is 11.6 Å². The molecule has 1 amide bonds. The molecule has 1 heterocycles. The number of benzene rings is 2. The molecule has 1 atom stereocenters. The summed E-state index contributed by atoms with van der Waals surface area (Å²) in [5.41, 5.74) is 5.17. The molecular weight excluding hydrogens is 548 g/mol. The van der Waals surface area contributed by atoms with E-state index in [9.17, 15) is 26.4 Å². The Labute approximate surface area is 212 Å². The molecule has 3 N–H and O–H groups in total. The summed E-state index contributed by atoms with van der Waals surface area (Å²) in [5, 5.41) is 3.26. The summed E-state index contributed by atoms with van der Waals surface area (Å²) in [6, 6.07) is 2.14. The molecule has 36 heavy (non-hydrogen) atoms. The van der Waals surface area contributed by atoms with E-state index in [1.807, 2.05) is 0 Å². The topological polar surface area (TPSA) is 115 Å². The lowest BCUT2D eigenvalue weighted by atomic mass is 10.1. The number of sulfonamides is 1. The number of amides is 1. The molecule has 0 fully saturated rings. The number of thiazole rings is 1. The second-order valence-electron chi connectivity index (χ2n) is 8.27. The van der Waals surface area contributed by atoms with Crippen molar-refractivity contribution in [1.82, 2.24) is 4.98 Å². The van der Waals surface area contributed by atoms with Crippen LogP contribution in [0, 0.1) is 23.3 Å². The molecule has 2 aromatic carbocycles. The van der Waals surface area contributed by atoms with Gasteiger partial charge < -0.3 is 15.8 Å². The first-order chi connectivity index (χ1) is 16.6.